The molecule has 2 rings (SSSR count). The Hall–Kier alpha value is -3.28. The number of nitrogens with zero attached hydrogens (tertiary/aromatic N) is 1. The van der Waals surface area contributed by atoms with Gasteiger partial charge in [-0.2, -0.15) is 0 Å². The lowest BCUT2D eigenvalue weighted by atomic mass is 10.2. The van der Waals surface area contributed by atoms with E-state index < -0.39 is 5.97 Å². The van der Waals surface area contributed by atoms with Crippen LogP contribution in [-0.2, 0) is 20.9 Å². The zero-order chi connectivity index (χ0) is 19.6. The molecule has 0 fully saturated rings. The minimum Gasteiger partial charge on any atom is -0.497 e. The van der Waals surface area contributed by atoms with Crippen LogP contribution in [0.25, 0.3) is 6.08 Å². The number of ether oxygens (including phenoxy) is 3. The first kappa shape index (κ1) is 20.0. The van der Waals surface area contributed by atoms with Gasteiger partial charge in [0.2, 0.25) is 0 Å². The van der Waals surface area contributed by atoms with E-state index in [1.165, 1.54) is 11.0 Å². The third kappa shape index (κ3) is 6.18. The molecule has 0 aliphatic heterocycles. The first-order valence-electron chi connectivity index (χ1n) is 8.38. The van der Waals surface area contributed by atoms with E-state index >= 15 is 0 Å². The number of esters is 1. The zero-order valence-electron chi connectivity index (χ0n) is 15.7. The summed E-state index contributed by atoms with van der Waals surface area (Å²) in [5.41, 5.74) is 1.67. The Bertz CT molecular complexity index is 816. The van der Waals surface area contributed by atoms with Crippen molar-refractivity contribution in [3.63, 3.8) is 0 Å². The molecule has 0 saturated heterocycles. The number of amides is 1. The summed E-state index contributed by atoms with van der Waals surface area (Å²) in [5, 5.41) is 0. The maximum atomic E-state index is 12.2. The molecule has 0 heterocycles. The minimum absolute atomic E-state index is 0.302. The number of likely N-dealkylation sites (N-methyl/N-ethyl adjacent to an activating group) is 1. The number of rotatable bonds is 8. The van der Waals surface area contributed by atoms with Crippen molar-refractivity contribution < 1.29 is 23.8 Å². The van der Waals surface area contributed by atoms with Gasteiger partial charge in [-0.15, -0.1) is 0 Å². The van der Waals surface area contributed by atoms with Gasteiger partial charge in [0.15, 0.2) is 6.61 Å². The molecular formula is C21H23NO5. The van der Waals surface area contributed by atoms with E-state index in [1.54, 1.807) is 33.4 Å². The number of benzene rings is 2. The molecule has 0 aliphatic rings. The van der Waals surface area contributed by atoms with E-state index in [1.807, 2.05) is 42.5 Å². The van der Waals surface area contributed by atoms with E-state index in [0.717, 1.165) is 11.1 Å². The fraction of sp³-hybridized carbons (Fsp3) is 0.238. The summed E-state index contributed by atoms with van der Waals surface area (Å²) >= 11 is 0. The first-order valence-corrected chi connectivity index (χ1v) is 8.38. The quantitative estimate of drug-likeness (QED) is 0.529. The maximum Gasteiger partial charge on any atom is 0.331 e. The van der Waals surface area contributed by atoms with Crippen LogP contribution >= 0.6 is 0 Å². The monoisotopic (exact) mass is 369 g/mol. The Morgan fingerprint density at radius 2 is 1.81 bits per heavy atom. The van der Waals surface area contributed by atoms with Crippen molar-refractivity contribution in [1.82, 2.24) is 4.90 Å². The average Bonchev–Trinajstić information content (AvgIpc) is 2.70. The molecule has 1 amide bonds. The van der Waals surface area contributed by atoms with Gasteiger partial charge in [-0.3, -0.25) is 4.79 Å². The minimum atomic E-state index is -0.586. The highest BCUT2D eigenvalue weighted by molar-refractivity contribution is 5.89. The van der Waals surface area contributed by atoms with Crippen LogP contribution in [0.5, 0.6) is 11.5 Å². The van der Waals surface area contributed by atoms with Crippen LogP contribution in [0, 0.1) is 0 Å². The maximum absolute atomic E-state index is 12.2. The van der Waals surface area contributed by atoms with Gasteiger partial charge in [-0.25, -0.2) is 4.79 Å². The van der Waals surface area contributed by atoms with Gasteiger partial charge in [0.25, 0.3) is 5.91 Å². The molecule has 27 heavy (non-hydrogen) atoms. The van der Waals surface area contributed by atoms with E-state index in [4.69, 9.17) is 14.2 Å². The van der Waals surface area contributed by atoms with E-state index in [2.05, 4.69) is 0 Å². The number of hydrogen-bond acceptors (Lipinski definition) is 5. The van der Waals surface area contributed by atoms with Crippen molar-refractivity contribution in [3.8, 4) is 11.5 Å². The summed E-state index contributed by atoms with van der Waals surface area (Å²) in [7, 11) is 4.80. The SMILES string of the molecule is COc1cccc(/C=C/C(=O)OCC(=O)N(C)Cc2ccccc2OC)c1. The van der Waals surface area contributed by atoms with Crippen molar-refractivity contribution in [1.29, 1.82) is 0 Å². The van der Waals surface area contributed by atoms with Gasteiger partial charge in [-0.1, -0.05) is 30.3 Å². The van der Waals surface area contributed by atoms with Gasteiger partial charge < -0.3 is 19.1 Å². The Labute approximate surface area is 159 Å². The summed E-state index contributed by atoms with van der Waals surface area (Å²) in [6.45, 7) is 0.0347. The summed E-state index contributed by atoms with van der Waals surface area (Å²) in [5.74, 6) is 0.509. The topological polar surface area (TPSA) is 65.1 Å². The van der Waals surface area contributed by atoms with Gasteiger partial charge >= 0.3 is 5.97 Å². The largest absolute Gasteiger partial charge is 0.497 e. The molecule has 0 bridgehead atoms. The van der Waals surface area contributed by atoms with Crippen molar-refractivity contribution in [2.24, 2.45) is 0 Å². The number of methoxy groups -OCH3 is 2. The van der Waals surface area contributed by atoms with Crippen LogP contribution in [0.15, 0.2) is 54.6 Å². The molecule has 0 aliphatic carbocycles. The molecule has 0 spiro atoms. The molecule has 2 aromatic rings. The third-order valence-corrected chi connectivity index (χ3v) is 3.87. The molecule has 0 unspecified atom stereocenters. The summed E-state index contributed by atoms with van der Waals surface area (Å²) in [6, 6.07) is 14.7. The van der Waals surface area contributed by atoms with E-state index in [-0.39, 0.29) is 12.5 Å². The fourth-order valence-corrected chi connectivity index (χ4v) is 2.38. The summed E-state index contributed by atoms with van der Waals surface area (Å²) in [4.78, 5) is 25.5. The lowest BCUT2D eigenvalue weighted by Gasteiger charge is -2.18. The highest BCUT2D eigenvalue weighted by atomic mass is 16.5. The van der Waals surface area contributed by atoms with Gasteiger partial charge in [0.05, 0.1) is 14.2 Å². The molecule has 6 nitrogen and oxygen atoms in total. The lowest BCUT2D eigenvalue weighted by Crippen LogP contribution is -2.30. The highest BCUT2D eigenvalue weighted by Gasteiger charge is 2.13. The second-order valence-electron chi connectivity index (χ2n) is 5.78. The Balaban J connectivity index is 1.84. The molecular weight excluding hydrogens is 346 g/mol. The lowest BCUT2D eigenvalue weighted by molar-refractivity contribution is -0.147. The number of hydrogen-bond donors (Lipinski definition) is 0. The van der Waals surface area contributed by atoms with E-state index in [9.17, 15) is 9.59 Å². The number of para-hydroxylation sites is 1. The molecule has 2 aromatic carbocycles. The molecule has 6 heteroatoms. The van der Waals surface area contributed by atoms with Crippen molar-refractivity contribution >= 4 is 18.0 Å². The average molecular weight is 369 g/mol. The normalized spacial score (nSPS) is 10.5. The number of carbonyl (C=O) groups excluding carboxylic acids is 2. The predicted molar refractivity (Wildman–Crippen MR) is 102 cm³/mol. The first-order chi connectivity index (χ1) is 13.0. The van der Waals surface area contributed by atoms with Gasteiger partial charge in [0.1, 0.15) is 11.5 Å². The smallest absolute Gasteiger partial charge is 0.331 e. The highest BCUT2D eigenvalue weighted by Crippen LogP contribution is 2.18. The molecule has 0 saturated carbocycles. The van der Waals surface area contributed by atoms with Crippen molar-refractivity contribution in [3.05, 3.63) is 65.7 Å². The van der Waals surface area contributed by atoms with Crippen LogP contribution < -0.4 is 9.47 Å². The Morgan fingerprint density at radius 1 is 1.04 bits per heavy atom. The molecule has 0 N–H and O–H groups in total. The van der Waals surface area contributed by atoms with Crippen LogP contribution in [0.4, 0.5) is 0 Å². The van der Waals surface area contributed by atoms with Crippen LogP contribution in [0.2, 0.25) is 0 Å². The van der Waals surface area contributed by atoms with Gasteiger partial charge in [0, 0.05) is 25.2 Å². The molecule has 0 atom stereocenters. The van der Waals surface area contributed by atoms with Crippen LogP contribution in [-0.4, -0.2) is 44.7 Å². The van der Waals surface area contributed by atoms with Crippen molar-refractivity contribution in [2.75, 3.05) is 27.9 Å². The third-order valence-electron chi connectivity index (χ3n) is 3.87. The number of carbonyl (C=O) groups is 2. The van der Waals surface area contributed by atoms with Crippen molar-refractivity contribution in [2.45, 2.75) is 6.54 Å². The molecule has 0 aromatic heterocycles. The second kappa shape index (κ2) is 10.0. The molecule has 142 valence electrons. The predicted octanol–water partition coefficient (Wildman–Crippen LogP) is 2.92. The zero-order valence-corrected chi connectivity index (χ0v) is 15.7. The van der Waals surface area contributed by atoms with Crippen LogP contribution in [0.1, 0.15) is 11.1 Å². The summed E-state index contributed by atoms with van der Waals surface area (Å²) < 4.78 is 15.4. The summed E-state index contributed by atoms with van der Waals surface area (Å²) in [6.07, 6.45) is 2.89. The van der Waals surface area contributed by atoms with Gasteiger partial charge in [-0.05, 0) is 29.8 Å². The second-order valence-corrected chi connectivity index (χ2v) is 5.78. The van der Waals surface area contributed by atoms with E-state index in [0.29, 0.717) is 18.0 Å². The fourth-order valence-electron chi connectivity index (χ4n) is 2.38. The Morgan fingerprint density at radius 3 is 2.56 bits per heavy atom. The standard InChI is InChI=1S/C21H23NO5/c1-22(14-17-8-4-5-10-19(17)26-3)20(23)15-27-21(24)12-11-16-7-6-9-18(13-16)25-2/h4-13H,14-15H2,1-3H3/b12-11+. The Kier molecular flexibility index (Phi) is 7.43. The molecule has 0 radical (unpaired) electrons. The van der Waals surface area contributed by atoms with Crippen LogP contribution in [0.3, 0.4) is 0 Å².